The number of halogens is 1. The largest absolute Gasteiger partial charge is 0.261 e. The molecule has 0 aromatic heterocycles. The Hall–Kier alpha value is -2.00. The monoisotopic (exact) mass is 342 g/mol. The van der Waals surface area contributed by atoms with Gasteiger partial charge >= 0.3 is 0 Å². The fourth-order valence-corrected chi connectivity index (χ4v) is 1.64. The molecule has 0 aliphatic carbocycles. The van der Waals surface area contributed by atoms with E-state index >= 15 is 0 Å². The molecule has 21 heavy (non-hydrogen) atoms. The molecule has 0 saturated carbocycles. The van der Waals surface area contributed by atoms with Crippen molar-refractivity contribution in [1.29, 1.82) is 0 Å². The van der Waals surface area contributed by atoms with Crippen LogP contribution in [0.5, 0.6) is 0 Å². The molecule has 0 fully saturated rings. The molecule has 2 nitrogen and oxygen atoms in total. The van der Waals surface area contributed by atoms with Crippen LogP contribution in [0.1, 0.15) is 13.3 Å². The number of allylic oxidation sites excluding steroid dienone is 2. The van der Waals surface area contributed by atoms with Gasteiger partial charge in [0.25, 0.3) is 0 Å². The summed E-state index contributed by atoms with van der Waals surface area (Å²) in [6.45, 7) is 2.08. The van der Waals surface area contributed by atoms with E-state index in [-0.39, 0.29) is 17.0 Å². The van der Waals surface area contributed by atoms with Crippen LogP contribution in [0.25, 0.3) is 0 Å². The average Bonchev–Trinajstić information content (AvgIpc) is 2.49. The zero-order chi connectivity index (χ0) is 14.0. The fourth-order valence-electron chi connectivity index (χ4n) is 1.64. The van der Waals surface area contributed by atoms with Gasteiger partial charge in [-0.05, 0) is 37.3 Å². The Bertz CT molecular complexity index is 602. The van der Waals surface area contributed by atoms with Crippen LogP contribution in [0.4, 0.5) is 11.4 Å². The highest BCUT2D eigenvalue weighted by atomic mass is 79.9. The van der Waals surface area contributed by atoms with Crippen LogP contribution >= 0.6 is 17.0 Å². The predicted molar refractivity (Wildman–Crippen MR) is 97.9 cm³/mol. The van der Waals surface area contributed by atoms with E-state index in [4.69, 9.17) is 0 Å². The minimum atomic E-state index is 0. The van der Waals surface area contributed by atoms with Crippen LogP contribution in [0.2, 0.25) is 0 Å². The second-order valence-electron chi connectivity index (χ2n) is 4.48. The highest BCUT2D eigenvalue weighted by Gasteiger charge is 1.87. The summed E-state index contributed by atoms with van der Waals surface area (Å²) in [7, 11) is 0. The van der Waals surface area contributed by atoms with E-state index in [1.807, 2.05) is 79.2 Å². The summed E-state index contributed by atoms with van der Waals surface area (Å²) in [6, 6.07) is 19.9. The zero-order valence-electron chi connectivity index (χ0n) is 12.0. The lowest BCUT2D eigenvalue weighted by Crippen LogP contribution is -1.80. The molecule has 2 aromatic rings. The van der Waals surface area contributed by atoms with Gasteiger partial charge < -0.3 is 0 Å². The Morgan fingerprint density at radius 1 is 0.857 bits per heavy atom. The number of rotatable bonds is 5. The normalized spacial score (nSPS) is 11.8. The van der Waals surface area contributed by atoms with E-state index in [1.54, 1.807) is 0 Å². The molecule has 0 heterocycles. The predicted octanol–water partition coefficient (Wildman–Crippen LogP) is 5.71. The van der Waals surface area contributed by atoms with Gasteiger partial charge in [0, 0.05) is 18.9 Å². The van der Waals surface area contributed by atoms with Gasteiger partial charge in [-0.1, -0.05) is 42.0 Å². The van der Waals surface area contributed by atoms with Gasteiger partial charge in [-0.25, -0.2) is 0 Å². The van der Waals surface area contributed by atoms with Crippen LogP contribution in [-0.2, 0) is 0 Å². The van der Waals surface area contributed by atoms with E-state index in [0.717, 1.165) is 17.8 Å². The molecule has 0 amide bonds. The Balaban J connectivity index is 0.00000220. The number of benzene rings is 2. The molecule has 0 spiro atoms. The third kappa shape index (κ3) is 6.82. The standard InChI is InChI=1S/C18H18N2.BrH/c1-16(12-14-19-17-8-4-2-5-9-17)13-15-20-18-10-6-3-7-11-18;/h2-12,14-15H,13H2,1H3;1H. The quantitative estimate of drug-likeness (QED) is 0.622. The molecule has 0 radical (unpaired) electrons. The third-order valence-electron chi connectivity index (χ3n) is 2.75. The third-order valence-corrected chi connectivity index (χ3v) is 2.75. The lowest BCUT2D eigenvalue weighted by atomic mass is 10.2. The number of hydrogen-bond donors (Lipinski definition) is 0. The first kappa shape index (κ1) is 17.1. The van der Waals surface area contributed by atoms with Crippen molar-refractivity contribution in [2.24, 2.45) is 9.98 Å². The highest BCUT2D eigenvalue weighted by molar-refractivity contribution is 8.93. The molecular weight excluding hydrogens is 324 g/mol. The fraction of sp³-hybridized carbons (Fsp3) is 0.111. The smallest absolute Gasteiger partial charge is 0.0629 e. The van der Waals surface area contributed by atoms with Crippen molar-refractivity contribution < 1.29 is 0 Å². The molecule has 0 aliphatic rings. The summed E-state index contributed by atoms with van der Waals surface area (Å²) in [4.78, 5) is 8.77. The maximum absolute atomic E-state index is 4.40. The highest BCUT2D eigenvalue weighted by Crippen LogP contribution is 2.10. The maximum Gasteiger partial charge on any atom is 0.0629 e. The van der Waals surface area contributed by atoms with Gasteiger partial charge in [-0.15, -0.1) is 17.0 Å². The molecule has 0 N–H and O–H groups in total. The summed E-state index contributed by atoms with van der Waals surface area (Å²) < 4.78 is 0. The number of para-hydroxylation sites is 2. The molecule has 0 unspecified atom stereocenters. The van der Waals surface area contributed by atoms with Gasteiger partial charge in [0.05, 0.1) is 11.4 Å². The van der Waals surface area contributed by atoms with Crippen molar-refractivity contribution in [3.8, 4) is 0 Å². The van der Waals surface area contributed by atoms with Crippen molar-refractivity contribution >= 4 is 40.8 Å². The van der Waals surface area contributed by atoms with Crippen LogP contribution in [0.15, 0.2) is 82.3 Å². The maximum atomic E-state index is 4.40. The second kappa shape index (κ2) is 9.83. The first-order chi connectivity index (χ1) is 9.84. The van der Waals surface area contributed by atoms with E-state index < -0.39 is 0 Å². The van der Waals surface area contributed by atoms with Gasteiger partial charge in [-0.2, -0.15) is 0 Å². The molecule has 0 atom stereocenters. The van der Waals surface area contributed by atoms with Crippen molar-refractivity contribution in [3.63, 3.8) is 0 Å². The van der Waals surface area contributed by atoms with Crippen molar-refractivity contribution in [1.82, 2.24) is 0 Å². The van der Waals surface area contributed by atoms with Crippen molar-refractivity contribution in [3.05, 3.63) is 72.3 Å². The first-order valence-electron chi connectivity index (χ1n) is 6.67. The Morgan fingerprint density at radius 2 is 1.38 bits per heavy atom. The molecule has 0 saturated heterocycles. The number of aliphatic imine (C=N–C) groups is 2. The second-order valence-corrected chi connectivity index (χ2v) is 4.48. The summed E-state index contributed by atoms with van der Waals surface area (Å²) >= 11 is 0. The molecule has 0 aliphatic heterocycles. The SMILES string of the molecule is Br.CC(=CC=Nc1ccccc1)CC=Nc1ccccc1. The minimum Gasteiger partial charge on any atom is -0.261 e. The molecule has 0 bridgehead atoms. The lowest BCUT2D eigenvalue weighted by Gasteiger charge is -1.94. The topological polar surface area (TPSA) is 24.7 Å². The van der Waals surface area contributed by atoms with Crippen molar-refractivity contribution in [2.45, 2.75) is 13.3 Å². The molecular formula is C18H19BrN2. The van der Waals surface area contributed by atoms with Crippen LogP contribution in [-0.4, -0.2) is 12.4 Å². The van der Waals surface area contributed by atoms with Crippen LogP contribution < -0.4 is 0 Å². The van der Waals surface area contributed by atoms with Gasteiger partial charge in [-0.3, -0.25) is 9.98 Å². The molecule has 3 heteroatoms. The first-order valence-corrected chi connectivity index (χ1v) is 6.67. The van der Waals surface area contributed by atoms with Crippen molar-refractivity contribution in [2.75, 3.05) is 0 Å². The molecule has 108 valence electrons. The molecule has 2 aromatic carbocycles. The summed E-state index contributed by atoms with van der Waals surface area (Å²) in [5, 5.41) is 0. The summed E-state index contributed by atoms with van der Waals surface area (Å²) in [5.74, 6) is 0. The van der Waals surface area contributed by atoms with Gasteiger partial charge in [0.1, 0.15) is 0 Å². The van der Waals surface area contributed by atoms with E-state index in [1.165, 1.54) is 5.57 Å². The minimum absolute atomic E-state index is 0. The van der Waals surface area contributed by atoms with Crippen LogP contribution in [0.3, 0.4) is 0 Å². The lowest BCUT2D eigenvalue weighted by molar-refractivity contribution is 1.29. The van der Waals surface area contributed by atoms with E-state index in [0.29, 0.717) is 0 Å². The number of nitrogens with zero attached hydrogens (tertiary/aromatic N) is 2. The zero-order valence-corrected chi connectivity index (χ0v) is 13.7. The average molecular weight is 343 g/mol. The van der Waals surface area contributed by atoms with E-state index in [9.17, 15) is 0 Å². The Labute approximate surface area is 136 Å². The van der Waals surface area contributed by atoms with Gasteiger partial charge in [0.2, 0.25) is 0 Å². The summed E-state index contributed by atoms with van der Waals surface area (Å²) in [6.07, 6.45) is 6.61. The summed E-state index contributed by atoms with van der Waals surface area (Å²) in [5.41, 5.74) is 3.18. The number of hydrogen-bond acceptors (Lipinski definition) is 2. The van der Waals surface area contributed by atoms with Crippen LogP contribution in [0, 0.1) is 0 Å². The Morgan fingerprint density at radius 3 is 1.95 bits per heavy atom. The Kier molecular flexibility index (Phi) is 7.99. The van der Waals surface area contributed by atoms with E-state index in [2.05, 4.69) is 16.9 Å². The van der Waals surface area contributed by atoms with Gasteiger partial charge in [0.15, 0.2) is 0 Å². The molecule has 2 rings (SSSR count).